The second-order valence-corrected chi connectivity index (χ2v) is 5.28. The highest BCUT2D eigenvalue weighted by Crippen LogP contribution is 2.34. The SMILES string of the molecule is O=S(=O)([O-])c1cc(Br)c(O)c(Br)c1. The van der Waals surface area contributed by atoms with E-state index < -0.39 is 15.0 Å². The quantitative estimate of drug-likeness (QED) is 0.797. The van der Waals surface area contributed by atoms with Crippen LogP contribution in [0.5, 0.6) is 5.75 Å². The first-order valence-corrected chi connectivity index (χ1v) is 5.95. The van der Waals surface area contributed by atoms with Gasteiger partial charge in [0.15, 0.2) is 0 Å². The fourth-order valence-electron chi connectivity index (χ4n) is 0.687. The van der Waals surface area contributed by atoms with Crippen LogP contribution in [0.2, 0.25) is 0 Å². The van der Waals surface area contributed by atoms with Crippen LogP contribution in [0.1, 0.15) is 0 Å². The second kappa shape index (κ2) is 3.56. The van der Waals surface area contributed by atoms with Gasteiger partial charge >= 0.3 is 0 Å². The molecule has 0 fully saturated rings. The fourth-order valence-corrected chi connectivity index (χ4v) is 2.70. The molecule has 0 spiro atoms. The fraction of sp³-hybridized carbons (Fsp3) is 0. The van der Waals surface area contributed by atoms with Crippen molar-refractivity contribution in [2.24, 2.45) is 0 Å². The van der Waals surface area contributed by atoms with Crippen molar-refractivity contribution in [1.82, 2.24) is 0 Å². The van der Waals surface area contributed by atoms with E-state index in [1.165, 1.54) is 0 Å². The molecule has 1 rings (SSSR count). The van der Waals surface area contributed by atoms with Crippen LogP contribution in [0.4, 0.5) is 0 Å². The van der Waals surface area contributed by atoms with Gasteiger partial charge < -0.3 is 9.66 Å². The van der Waals surface area contributed by atoms with Crippen LogP contribution >= 0.6 is 31.9 Å². The minimum atomic E-state index is -4.49. The van der Waals surface area contributed by atoms with Crippen molar-refractivity contribution in [3.8, 4) is 5.75 Å². The van der Waals surface area contributed by atoms with Crippen LogP contribution < -0.4 is 0 Å². The number of aromatic hydroxyl groups is 1. The molecule has 0 saturated heterocycles. The third-order valence-corrected chi connectivity index (χ3v) is 3.30. The molecule has 0 bridgehead atoms. The highest BCUT2D eigenvalue weighted by Gasteiger charge is 2.09. The minimum Gasteiger partial charge on any atom is -0.744 e. The molecule has 1 aromatic rings. The molecule has 0 atom stereocenters. The number of rotatable bonds is 1. The lowest BCUT2D eigenvalue weighted by molar-refractivity contribution is 0.459. The number of halogens is 2. The summed E-state index contributed by atoms with van der Waals surface area (Å²) in [4.78, 5) is -0.399. The van der Waals surface area contributed by atoms with E-state index >= 15 is 0 Å². The lowest BCUT2D eigenvalue weighted by atomic mass is 10.3. The maximum Gasteiger partial charge on any atom is 0.144 e. The summed E-state index contributed by atoms with van der Waals surface area (Å²) in [6, 6.07) is 2.09. The zero-order valence-electron chi connectivity index (χ0n) is 5.99. The molecule has 0 heterocycles. The number of hydrogen-bond donors (Lipinski definition) is 1. The van der Waals surface area contributed by atoms with Gasteiger partial charge in [0.2, 0.25) is 0 Å². The summed E-state index contributed by atoms with van der Waals surface area (Å²) < 4.78 is 32.0. The highest BCUT2D eigenvalue weighted by molar-refractivity contribution is 9.11. The Bertz CT molecular complexity index is 417. The largest absolute Gasteiger partial charge is 0.744 e. The van der Waals surface area contributed by atoms with Crippen LogP contribution in [0.3, 0.4) is 0 Å². The molecular formula is C6H3Br2O4S-. The number of phenols is 1. The summed E-state index contributed by atoms with van der Waals surface area (Å²) in [5, 5.41) is 9.21. The Kier molecular flexibility index (Phi) is 3.01. The van der Waals surface area contributed by atoms with Crippen LogP contribution in [-0.2, 0) is 10.1 Å². The molecule has 0 aliphatic carbocycles. The van der Waals surface area contributed by atoms with E-state index in [0.717, 1.165) is 12.1 Å². The molecule has 0 radical (unpaired) electrons. The van der Waals surface area contributed by atoms with Gasteiger partial charge in [-0.1, -0.05) is 0 Å². The van der Waals surface area contributed by atoms with E-state index in [4.69, 9.17) is 0 Å². The zero-order valence-corrected chi connectivity index (χ0v) is 9.98. The maximum absolute atomic E-state index is 10.6. The lowest BCUT2D eigenvalue weighted by Gasteiger charge is -2.09. The van der Waals surface area contributed by atoms with Crippen LogP contribution in [0, 0.1) is 0 Å². The van der Waals surface area contributed by atoms with Gasteiger partial charge in [-0.25, -0.2) is 8.42 Å². The summed E-state index contributed by atoms with van der Waals surface area (Å²) in [6.45, 7) is 0. The van der Waals surface area contributed by atoms with E-state index in [-0.39, 0.29) is 14.7 Å². The predicted molar refractivity (Wildman–Crippen MR) is 51.5 cm³/mol. The zero-order chi connectivity index (χ0) is 10.2. The van der Waals surface area contributed by atoms with Crippen molar-refractivity contribution >= 4 is 42.0 Å². The molecule has 0 aliphatic heterocycles. The van der Waals surface area contributed by atoms with E-state index in [9.17, 15) is 18.1 Å². The average molecular weight is 331 g/mol. The monoisotopic (exact) mass is 329 g/mol. The Balaban J connectivity index is 3.47. The molecule has 1 aromatic carbocycles. The van der Waals surface area contributed by atoms with Gasteiger partial charge in [-0.05, 0) is 44.0 Å². The number of phenolic OH excluding ortho intramolecular Hbond substituents is 1. The number of benzene rings is 1. The Morgan fingerprint density at radius 3 is 1.92 bits per heavy atom. The van der Waals surface area contributed by atoms with Gasteiger partial charge in [-0.15, -0.1) is 0 Å². The van der Waals surface area contributed by atoms with Crippen molar-refractivity contribution < 1.29 is 18.1 Å². The lowest BCUT2D eigenvalue weighted by Crippen LogP contribution is -1.98. The first-order chi connectivity index (χ1) is 5.82. The Hall–Kier alpha value is -0.110. The van der Waals surface area contributed by atoms with E-state index in [0.29, 0.717) is 0 Å². The first kappa shape index (κ1) is 11.0. The van der Waals surface area contributed by atoms with Crippen LogP contribution in [-0.4, -0.2) is 18.1 Å². The molecule has 72 valence electrons. The average Bonchev–Trinajstić information content (AvgIpc) is 1.97. The van der Waals surface area contributed by atoms with Gasteiger partial charge in [0.25, 0.3) is 0 Å². The molecule has 0 aromatic heterocycles. The van der Waals surface area contributed by atoms with Gasteiger partial charge in [-0.2, -0.15) is 0 Å². The van der Waals surface area contributed by atoms with Crippen LogP contribution in [0.15, 0.2) is 26.0 Å². The predicted octanol–water partition coefficient (Wildman–Crippen LogP) is 1.82. The van der Waals surface area contributed by atoms with Crippen molar-refractivity contribution in [3.05, 3.63) is 21.1 Å². The van der Waals surface area contributed by atoms with E-state index in [1.54, 1.807) is 0 Å². The molecule has 4 nitrogen and oxygen atoms in total. The molecule has 0 aliphatic rings. The smallest absolute Gasteiger partial charge is 0.144 e. The van der Waals surface area contributed by atoms with Gasteiger partial charge in [-0.3, -0.25) is 0 Å². The normalized spacial score (nSPS) is 11.6. The molecule has 13 heavy (non-hydrogen) atoms. The molecule has 0 saturated carbocycles. The summed E-state index contributed by atoms with van der Waals surface area (Å²) >= 11 is 5.81. The standard InChI is InChI=1S/C6H4Br2O4S/c7-4-1-3(13(10,11)12)2-5(8)6(4)9/h1-2,9H,(H,10,11,12)/p-1. The van der Waals surface area contributed by atoms with Crippen LogP contribution in [0.25, 0.3) is 0 Å². The van der Waals surface area contributed by atoms with Gasteiger partial charge in [0.1, 0.15) is 15.9 Å². The van der Waals surface area contributed by atoms with Gasteiger partial charge in [0.05, 0.1) is 13.8 Å². The maximum atomic E-state index is 10.6. The van der Waals surface area contributed by atoms with Gasteiger partial charge in [0, 0.05) is 0 Å². The summed E-state index contributed by atoms with van der Waals surface area (Å²) in [5.74, 6) is -0.146. The first-order valence-electron chi connectivity index (χ1n) is 2.96. The molecule has 0 unspecified atom stereocenters. The topological polar surface area (TPSA) is 77.4 Å². The Labute approximate surface area is 91.6 Å². The molecule has 1 N–H and O–H groups in total. The number of hydrogen-bond acceptors (Lipinski definition) is 4. The minimum absolute atomic E-state index is 0.146. The Morgan fingerprint density at radius 1 is 1.23 bits per heavy atom. The molecule has 7 heteroatoms. The van der Waals surface area contributed by atoms with Crippen molar-refractivity contribution in [2.75, 3.05) is 0 Å². The van der Waals surface area contributed by atoms with Crippen molar-refractivity contribution in [2.45, 2.75) is 4.90 Å². The third-order valence-electron chi connectivity index (χ3n) is 1.28. The molecular weight excluding hydrogens is 328 g/mol. The van der Waals surface area contributed by atoms with Crippen molar-refractivity contribution in [1.29, 1.82) is 0 Å². The molecule has 0 amide bonds. The van der Waals surface area contributed by atoms with E-state index in [1.807, 2.05) is 0 Å². The second-order valence-electron chi connectivity index (χ2n) is 2.19. The summed E-state index contributed by atoms with van der Waals surface area (Å²) in [6.07, 6.45) is 0. The highest BCUT2D eigenvalue weighted by atomic mass is 79.9. The third kappa shape index (κ3) is 2.43. The summed E-state index contributed by atoms with van der Waals surface area (Å²) in [7, 11) is -4.49. The Morgan fingerprint density at radius 2 is 1.62 bits per heavy atom. The van der Waals surface area contributed by atoms with E-state index in [2.05, 4.69) is 31.9 Å². The summed E-state index contributed by atoms with van der Waals surface area (Å²) in [5.41, 5.74) is 0. The van der Waals surface area contributed by atoms with Crippen molar-refractivity contribution in [3.63, 3.8) is 0 Å².